The summed E-state index contributed by atoms with van der Waals surface area (Å²) in [6.07, 6.45) is 1.35. The summed E-state index contributed by atoms with van der Waals surface area (Å²) in [6.45, 7) is 3.36. The van der Waals surface area contributed by atoms with E-state index in [0.29, 0.717) is 17.0 Å². The SMILES string of the molecule is Cc1noc(C)c1C(=O)NCCN1C(=O)SC(=Cc2ccccc2F)C1=O. The van der Waals surface area contributed by atoms with Crippen molar-refractivity contribution in [2.45, 2.75) is 13.8 Å². The Morgan fingerprint density at radius 2 is 2.07 bits per heavy atom. The third kappa shape index (κ3) is 3.92. The van der Waals surface area contributed by atoms with Crippen LogP contribution >= 0.6 is 11.8 Å². The van der Waals surface area contributed by atoms with Crippen LogP contribution in [0.2, 0.25) is 0 Å². The second-order valence-corrected chi connectivity index (χ2v) is 6.80. The summed E-state index contributed by atoms with van der Waals surface area (Å²) >= 11 is 0.741. The Labute approximate surface area is 158 Å². The number of carbonyl (C=O) groups excluding carboxylic acids is 3. The highest BCUT2D eigenvalue weighted by molar-refractivity contribution is 8.18. The minimum Gasteiger partial charge on any atom is -0.361 e. The highest BCUT2D eigenvalue weighted by Gasteiger charge is 2.35. The van der Waals surface area contributed by atoms with Gasteiger partial charge in [0.1, 0.15) is 17.1 Å². The van der Waals surface area contributed by atoms with E-state index in [1.807, 2.05) is 0 Å². The molecule has 140 valence electrons. The number of hydrogen-bond donors (Lipinski definition) is 1. The number of carbonyl (C=O) groups is 3. The third-order valence-corrected chi connectivity index (χ3v) is 4.85. The van der Waals surface area contributed by atoms with Gasteiger partial charge in [-0.2, -0.15) is 0 Å². The van der Waals surface area contributed by atoms with Crippen LogP contribution in [0.25, 0.3) is 6.08 Å². The van der Waals surface area contributed by atoms with Crippen molar-refractivity contribution in [2.75, 3.05) is 13.1 Å². The van der Waals surface area contributed by atoms with Crippen LogP contribution in [0.15, 0.2) is 33.7 Å². The average molecular weight is 389 g/mol. The van der Waals surface area contributed by atoms with E-state index in [1.165, 1.54) is 18.2 Å². The van der Waals surface area contributed by atoms with Crippen LogP contribution in [0.3, 0.4) is 0 Å². The van der Waals surface area contributed by atoms with Gasteiger partial charge >= 0.3 is 0 Å². The molecule has 0 bridgehead atoms. The van der Waals surface area contributed by atoms with Gasteiger partial charge in [0.25, 0.3) is 17.1 Å². The highest BCUT2D eigenvalue weighted by Crippen LogP contribution is 2.32. The Morgan fingerprint density at radius 1 is 1.33 bits per heavy atom. The van der Waals surface area contributed by atoms with E-state index < -0.39 is 17.0 Å². The molecular weight excluding hydrogens is 373 g/mol. The lowest BCUT2D eigenvalue weighted by Crippen LogP contribution is -2.37. The molecule has 2 aromatic rings. The lowest BCUT2D eigenvalue weighted by Gasteiger charge is -2.12. The number of nitrogens with one attached hydrogen (secondary N) is 1. The lowest BCUT2D eigenvalue weighted by molar-refractivity contribution is -0.122. The van der Waals surface area contributed by atoms with Crippen LogP contribution < -0.4 is 5.32 Å². The first-order valence-electron chi connectivity index (χ1n) is 8.09. The molecule has 0 saturated carbocycles. The predicted molar refractivity (Wildman–Crippen MR) is 97.4 cm³/mol. The molecule has 0 atom stereocenters. The molecule has 7 nitrogen and oxygen atoms in total. The van der Waals surface area contributed by atoms with E-state index >= 15 is 0 Å². The zero-order chi connectivity index (χ0) is 19.6. The van der Waals surface area contributed by atoms with Crippen molar-refractivity contribution in [3.63, 3.8) is 0 Å². The number of halogens is 1. The maximum Gasteiger partial charge on any atom is 0.293 e. The lowest BCUT2D eigenvalue weighted by atomic mass is 10.2. The third-order valence-electron chi connectivity index (χ3n) is 3.95. The second kappa shape index (κ2) is 7.75. The first-order chi connectivity index (χ1) is 12.9. The Kier molecular flexibility index (Phi) is 5.41. The molecule has 1 aliphatic heterocycles. The second-order valence-electron chi connectivity index (χ2n) is 5.81. The van der Waals surface area contributed by atoms with E-state index in [9.17, 15) is 18.8 Å². The summed E-state index contributed by atoms with van der Waals surface area (Å²) in [7, 11) is 0. The van der Waals surface area contributed by atoms with Gasteiger partial charge in [0, 0.05) is 18.7 Å². The summed E-state index contributed by atoms with van der Waals surface area (Å²) in [5.41, 5.74) is 1.03. The molecule has 9 heteroatoms. The fraction of sp³-hybridized carbons (Fsp3) is 0.222. The van der Waals surface area contributed by atoms with Gasteiger partial charge in [-0.15, -0.1) is 0 Å². The minimum absolute atomic E-state index is 0.00833. The van der Waals surface area contributed by atoms with Crippen LogP contribution in [-0.2, 0) is 4.79 Å². The minimum atomic E-state index is -0.514. The number of aryl methyl sites for hydroxylation is 2. The number of aromatic nitrogens is 1. The van der Waals surface area contributed by atoms with Crippen molar-refractivity contribution >= 4 is 34.9 Å². The molecule has 1 saturated heterocycles. The van der Waals surface area contributed by atoms with Gasteiger partial charge in [0.2, 0.25) is 0 Å². The molecule has 27 heavy (non-hydrogen) atoms. The first kappa shape index (κ1) is 18.8. The molecule has 1 aromatic heterocycles. The summed E-state index contributed by atoms with van der Waals surface area (Å²) < 4.78 is 18.7. The van der Waals surface area contributed by atoms with Crippen molar-refractivity contribution in [1.82, 2.24) is 15.4 Å². The standard InChI is InChI=1S/C18H16FN3O4S/c1-10-15(11(2)26-21-10)16(23)20-7-8-22-17(24)14(27-18(22)25)9-12-5-3-4-6-13(12)19/h3-6,9H,7-8H2,1-2H3,(H,20,23). The fourth-order valence-corrected chi connectivity index (χ4v) is 3.46. The number of nitrogens with zero attached hydrogens (tertiary/aromatic N) is 2. The molecule has 1 fully saturated rings. The predicted octanol–water partition coefficient (Wildman–Crippen LogP) is 2.90. The van der Waals surface area contributed by atoms with E-state index in [4.69, 9.17) is 4.52 Å². The van der Waals surface area contributed by atoms with E-state index in [-0.39, 0.29) is 29.5 Å². The molecule has 2 heterocycles. The number of thioether (sulfide) groups is 1. The maximum atomic E-state index is 13.7. The molecule has 1 aliphatic rings. The Morgan fingerprint density at radius 3 is 2.74 bits per heavy atom. The van der Waals surface area contributed by atoms with Crippen LogP contribution in [0.4, 0.5) is 9.18 Å². The summed E-state index contributed by atoms with van der Waals surface area (Å²) in [5.74, 6) is -0.986. The Balaban J connectivity index is 1.63. The quantitative estimate of drug-likeness (QED) is 0.791. The van der Waals surface area contributed by atoms with Gasteiger partial charge in [-0.3, -0.25) is 19.3 Å². The monoisotopic (exact) mass is 389 g/mol. The van der Waals surface area contributed by atoms with Crippen LogP contribution in [0.5, 0.6) is 0 Å². The van der Waals surface area contributed by atoms with Crippen molar-refractivity contribution in [1.29, 1.82) is 0 Å². The van der Waals surface area contributed by atoms with Gasteiger partial charge < -0.3 is 9.84 Å². The molecule has 0 spiro atoms. The normalized spacial score (nSPS) is 15.7. The number of imide groups is 1. The van der Waals surface area contributed by atoms with Crippen molar-refractivity contribution in [3.05, 3.63) is 57.6 Å². The van der Waals surface area contributed by atoms with Gasteiger partial charge in [0.05, 0.1) is 10.6 Å². The zero-order valence-electron chi connectivity index (χ0n) is 14.6. The summed E-state index contributed by atoms with van der Waals surface area (Å²) in [5, 5.41) is 5.88. The van der Waals surface area contributed by atoms with Crippen LogP contribution in [0.1, 0.15) is 27.4 Å². The van der Waals surface area contributed by atoms with Crippen molar-refractivity contribution in [2.24, 2.45) is 0 Å². The molecule has 3 rings (SSSR count). The van der Waals surface area contributed by atoms with Crippen molar-refractivity contribution < 1.29 is 23.3 Å². The molecule has 3 amide bonds. The van der Waals surface area contributed by atoms with Gasteiger partial charge in [-0.05, 0) is 37.8 Å². The number of hydrogen-bond acceptors (Lipinski definition) is 6. The zero-order valence-corrected chi connectivity index (χ0v) is 15.4. The van der Waals surface area contributed by atoms with E-state index in [1.54, 1.807) is 26.0 Å². The van der Waals surface area contributed by atoms with Gasteiger partial charge in [-0.1, -0.05) is 23.4 Å². The Hall–Kier alpha value is -2.94. The van der Waals surface area contributed by atoms with Gasteiger partial charge in [-0.25, -0.2) is 4.39 Å². The summed E-state index contributed by atoms with van der Waals surface area (Å²) in [6, 6.07) is 5.98. The molecule has 0 unspecified atom stereocenters. The number of benzene rings is 1. The van der Waals surface area contributed by atoms with Gasteiger partial charge in [0.15, 0.2) is 0 Å². The highest BCUT2D eigenvalue weighted by atomic mass is 32.2. The largest absolute Gasteiger partial charge is 0.361 e. The first-order valence-corrected chi connectivity index (χ1v) is 8.91. The molecule has 0 aliphatic carbocycles. The average Bonchev–Trinajstić information content (AvgIpc) is 3.10. The maximum absolute atomic E-state index is 13.7. The van der Waals surface area contributed by atoms with Crippen LogP contribution in [-0.4, -0.2) is 40.2 Å². The van der Waals surface area contributed by atoms with Crippen LogP contribution in [0, 0.1) is 19.7 Å². The van der Waals surface area contributed by atoms with Crippen molar-refractivity contribution in [3.8, 4) is 0 Å². The Bertz CT molecular complexity index is 934. The number of amides is 3. The fourth-order valence-electron chi connectivity index (χ4n) is 2.60. The molecule has 1 aromatic carbocycles. The topological polar surface area (TPSA) is 92.5 Å². The number of rotatable bonds is 5. The van der Waals surface area contributed by atoms with E-state index in [2.05, 4.69) is 10.5 Å². The summed E-state index contributed by atoms with van der Waals surface area (Å²) in [4.78, 5) is 37.8. The molecule has 1 N–H and O–H groups in total. The molecule has 0 radical (unpaired) electrons. The smallest absolute Gasteiger partial charge is 0.293 e. The van der Waals surface area contributed by atoms with E-state index in [0.717, 1.165) is 16.7 Å². The molecular formula is C18H16FN3O4S.